The minimum Gasteiger partial charge on any atom is -0.370 e. The van der Waals surface area contributed by atoms with Crippen molar-refractivity contribution >= 4 is 11.8 Å². The Morgan fingerprint density at radius 2 is 0.571 bits per heavy atom. The van der Waals surface area contributed by atoms with Gasteiger partial charge in [-0.1, -0.05) is 203 Å². The van der Waals surface area contributed by atoms with Crippen LogP contribution in [0.25, 0.3) is 0 Å². The zero-order valence-corrected chi connectivity index (χ0v) is 36.9. The van der Waals surface area contributed by atoms with Crippen molar-refractivity contribution in [1.29, 1.82) is 0 Å². The van der Waals surface area contributed by atoms with Gasteiger partial charge in [0.1, 0.15) is 0 Å². The molecule has 4 heteroatoms. The van der Waals surface area contributed by atoms with Crippen LogP contribution in [0.15, 0.2) is 48.6 Å². The molecule has 0 fully saturated rings. The number of aryl methyl sites for hydroxylation is 2. The third-order valence-electron chi connectivity index (χ3n) is 11.6. The fourth-order valence-electron chi connectivity index (χ4n) is 7.96. The summed E-state index contributed by atoms with van der Waals surface area (Å²) in [5.41, 5.74) is 13.5. The zero-order valence-electron chi connectivity index (χ0n) is 36.9. The molecule has 56 heavy (non-hydrogen) atoms. The van der Waals surface area contributed by atoms with Crippen LogP contribution >= 0.6 is 0 Å². The highest BCUT2D eigenvalue weighted by molar-refractivity contribution is 5.73. The van der Waals surface area contributed by atoms with Crippen LogP contribution < -0.4 is 11.5 Å². The third kappa shape index (κ3) is 39.9. The number of nitrogens with two attached hydrogens (primary N) is 2. The second-order valence-corrected chi connectivity index (χ2v) is 17.2. The number of allylic oxidation sites excluding steroid dienone is 4. The average Bonchev–Trinajstić information content (AvgIpc) is 3.18. The smallest absolute Gasteiger partial charge is 0.217 e. The van der Waals surface area contributed by atoms with Crippen LogP contribution in [0.3, 0.4) is 0 Å². The molecule has 4 N–H and O–H groups in total. The van der Waals surface area contributed by atoms with E-state index in [1.807, 2.05) is 0 Å². The van der Waals surface area contributed by atoms with Gasteiger partial charge in [-0.05, 0) is 101 Å². The first-order valence-electron chi connectivity index (χ1n) is 24.5. The lowest BCUT2D eigenvalue weighted by atomic mass is 9.99. The molecule has 1 rings (SSSR count). The maximum atomic E-state index is 10.7. The first kappa shape index (κ1) is 51.7. The number of hydrogen-bond donors (Lipinski definition) is 2. The molecule has 322 valence electrons. The molecule has 0 bridgehead atoms. The Hall–Kier alpha value is -2.36. The number of carbonyl (C=O) groups excluding carboxylic acids is 2. The van der Waals surface area contributed by atoms with E-state index in [0.29, 0.717) is 12.8 Å². The van der Waals surface area contributed by atoms with Gasteiger partial charge in [-0.15, -0.1) is 0 Å². The highest BCUT2D eigenvalue weighted by Gasteiger charge is 2.00. The van der Waals surface area contributed by atoms with E-state index in [0.717, 1.165) is 25.7 Å². The molecular formula is C52H92N2O2. The predicted molar refractivity (Wildman–Crippen MR) is 246 cm³/mol. The molecule has 0 radical (unpaired) electrons. The van der Waals surface area contributed by atoms with E-state index in [9.17, 15) is 9.59 Å². The third-order valence-corrected chi connectivity index (χ3v) is 11.6. The van der Waals surface area contributed by atoms with Gasteiger partial charge in [-0.3, -0.25) is 9.59 Å². The van der Waals surface area contributed by atoms with Gasteiger partial charge >= 0.3 is 0 Å². The van der Waals surface area contributed by atoms with Crippen molar-refractivity contribution in [2.75, 3.05) is 0 Å². The van der Waals surface area contributed by atoms with Crippen LogP contribution in [-0.4, -0.2) is 11.8 Å². The van der Waals surface area contributed by atoms with E-state index >= 15 is 0 Å². The van der Waals surface area contributed by atoms with Crippen molar-refractivity contribution < 1.29 is 9.59 Å². The van der Waals surface area contributed by atoms with Crippen LogP contribution in [0.4, 0.5) is 0 Å². The lowest BCUT2D eigenvalue weighted by Crippen LogP contribution is -2.09. The van der Waals surface area contributed by atoms with E-state index < -0.39 is 0 Å². The molecular weight excluding hydrogens is 685 g/mol. The summed E-state index contributed by atoms with van der Waals surface area (Å²) in [6.45, 7) is 0. The molecule has 1 aromatic carbocycles. The lowest BCUT2D eigenvalue weighted by molar-refractivity contribution is -0.119. The molecule has 0 aromatic heterocycles. The van der Waals surface area contributed by atoms with Gasteiger partial charge in [0.05, 0.1) is 0 Å². The van der Waals surface area contributed by atoms with Gasteiger partial charge in [0.25, 0.3) is 0 Å². The molecule has 0 aliphatic carbocycles. The molecule has 0 aliphatic heterocycles. The SMILES string of the molecule is NC(=O)CCCCCCCCCCC/C=C\CCCCCCCCCc1cccc(CCCCCCCCC/C=C\CCCCCCCCCCCC(N)=O)c1. The molecule has 0 heterocycles. The quantitative estimate of drug-likeness (QED) is 0.0511. The average molecular weight is 777 g/mol. The molecule has 4 nitrogen and oxygen atoms in total. The molecule has 1 aromatic rings. The molecule has 0 aliphatic rings. The van der Waals surface area contributed by atoms with Crippen LogP contribution in [0, 0.1) is 0 Å². The van der Waals surface area contributed by atoms with E-state index in [-0.39, 0.29) is 11.8 Å². The summed E-state index contributed by atoms with van der Waals surface area (Å²) in [5.74, 6) is -0.316. The Bertz CT molecular complexity index is 983. The molecule has 0 atom stereocenters. The fourth-order valence-corrected chi connectivity index (χ4v) is 7.96. The number of hydrogen-bond acceptors (Lipinski definition) is 2. The summed E-state index contributed by atoms with van der Waals surface area (Å²) in [4.78, 5) is 21.5. The van der Waals surface area contributed by atoms with Crippen LogP contribution in [0.1, 0.15) is 255 Å². The van der Waals surface area contributed by atoms with Crippen LogP contribution in [0.2, 0.25) is 0 Å². The maximum absolute atomic E-state index is 10.7. The minimum atomic E-state index is -0.158. The van der Waals surface area contributed by atoms with Crippen molar-refractivity contribution in [2.45, 2.75) is 257 Å². The monoisotopic (exact) mass is 777 g/mol. The topological polar surface area (TPSA) is 86.2 Å². The Morgan fingerprint density at radius 3 is 0.839 bits per heavy atom. The summed E-state index contributed by atoms with van der Waals surface area (Å²) < 4.78 is 0. The number of carbonyl (C=O) groups is 2. The highest BCUT2D eigenvalue weighted by atomic mass is 16.1. The molecule has 0 saturated carbocycles. The largest absolute Gasteiger partial charge is 0.370 e. The second kappa shape index (κ2) is 42.3. The number of benzene rings is 1. The second-order valence-electron chi connectivity index (χ2n) is 17.2. The van der Waals surface area contributed by atoms with E-state index in [2.05, 4.69) is 48.6 Å². The summed E-state index contributed by atoms with van der Waals surface area (Å²) in [7, 11) is 0. The first-order valence-corrected chi connectivity index (χ1v) is 24.5. The van der Waals surface area contributed by atoms with Gasteiger partial charge in [-0.2, -0.15) is 0 Å². The predicted octanol–water partition coefficient (Wildman–Crippen LogP) is 15.7. The van der Waals surface area contributed by atoms with Crippen molar-refractivity contribution in [3.05, 3.63) is 59.7 Å². The fraction of sp³-hybridized carbons (Fsp3) is 0.769. The molecule has 0 saturated heterocycles. The zero-order chi connectivity index (χ0) is 40.3. The Labute approximate surface area is 348 Å². The van der Waals surface area contributed by atoms with E-state index in [4.69, 9.17) is 11.5 Å². The van der Waals surface area contributed by atoms with Gasteiger partial charge < -0.3 is 11.5 Å². The number of unbranched alkanes of at least 4 members (excludes halogenated alkanes) is 32. The van der Waals surface area contributed by atoms with Crippen molar-refractivity contribution in [3.63, 3.8) is 0 Å². The first-order chi connectivity index (χ1) is 27.6. The standard InChI is InChI=1S/C52H92N2O2/c53-51(55)46-39-35-31-27-23-19-15-11-7-3-1-5-9-13-17-21-25-29-33-37-42-49-44-41-45-50(48-49)43-38-34-30-26-22-18-14-10-6-2-4-8-12-16-20-24-28-32-36-40-47-52(54)56/h1-2,5-6,41,44-45,48H,3-4,7-40,42-43,46-47H2,(H2,53,55)(H2,54,56)/b5-1-,6-2-. The van der Waals surface area contributed by atoms with Gasteiger partial charge in [0.2, 0.25) is 11.8 Å². The molecule has 0 spiro atoms. The summed E-state index contributed by atoms with van der Waals surface area (Å²) in [6, 6.07) is 9.46. The molecule has 0 unspecified atom stereocenters. The number of primary amides is 2. The summed E-state index contributed by atoms with van der Waals surface area (Å²) >= 11 is 0. The number of rotatable bonds is 44. The molecule has 2 amide bonds. The van der Waals surface area contributed by atoms with Gasteiger partial charge in [0, 0.05) is 12.8 Å². The Kier molecular flexibility index (Phi) is 39.0. The van der Waals surface area contributed by atoms with Crippen LogP contribution in [-0.2, 0) is 22.4 Å². The van der Waals surface area contributed by atoms with Gasteiger partial charge in [0.15, 0.2) is 0 Å². The summed E-state index contributed by atoms with van der Waals surface area (Å²) in [5, 5.41) is 0. The van der Waals surface area contributed by atoms with Gasteiger partial charge in [-0.25, -0.2) is 0 Å². The van der Waals surface area contributed by atoms with Crippen molar-refractivity contribution in [1.82, 2.24) is 0 Å². The number of amides is 2. The van der Waals surface area contributed by atoms with Crippen molar-refractivity contribution in [2.24, 2.45) is 11.5 Å². The van der Waals surface area contributed by atoms with Crippen LogP contribution in [0.5, 0.6) is 0 Å². The lowest BCUT2D eigenvalue weighted by Gasteiger charge is -2.06. The summed E-state index contributed by atoms with van der Waals surface area (Å²) in [6.07, 6.45) is 60.6. The van der Waals surface area contributed by atoms with E-state index in [1.165, 1.54) is 218 Å². The Morgan fingerprint density at radius 1 is 0.339 bits per heavy atom. The van der Waals surface area contributed by atoms with Crippen molar-refractivity contribution in [3.8, 4) is 0 Å². The minimum absolute atomic E-state index is 0.158. The maximum Gasteiger partial charge on any atom is 0.217 e. The van der Waals surface area contributed by atoms with E-state index in [1.54, 1.807) is 11.1 Å². The Balaban J connectivity index is 1.82. The highest BCUT2D eigenvalue weighted by Crippen LogP contribution is 2.17. The normalized spacial score (nSPS) is 11.7.